The highest BCUT2D eigenvalue weighted by Crippen LogP contribution is 2.28. The lowest BCUT2D eigenvalue weighted by atomic mass is 10.2. The van der Waals surface area contributed by atoms with E-state index in [1.54, 1.807) is 0 Å². The maximum Gasteiger partial charge on any atom is 0.416 e. The normalized spacial score (nSPS) is 13.8. The van der Waals surface area contributed by atoms with Gasteiger partial charge in [-0.2, -0.15) is 13.2 Å². The van der Waals surface area contributed by atoms with Gasteiger partial charge < -0.3 is 14.8 Å². The van der Waals surface area contributed by atoms with Crippen LogP contribution in [0.4, 0.5) is 13.2 Å². The molecule has 17 heavy (non-hydrogen) atoms. The average Bonchev–Trinajstić information content (AvgIpc) is 2.21. The second kappa shape index (κ2) is 4.89. The Morgan fingerprint density at radius 3 is 2.41 bits per heavy atom. The van der Waals surface area contributed by atoms with Crippen molar-refractivity contribution < 1.29 is 23.4 Å². The first-order valence-corrected chi connectivity index (χ1v) is 4.83. The van der Waals surface area contributed by atoms with Gasteiger partial charge in [-0.15, -0.1) is 0 Å². The summed E-state index contributed by atoms with van der Waals surface area (Å²) in [6, 6.07) is 1.29. The van der Waals surface area contributed by atoms with Gasteiger partial charge in [0.1, 0.15) is 0 Å². The third-order valence-electron chi connectivity index (χ3n) is 2.27. The van der Waals surface area contributed by atoms with E-state index in [1.807, 2.05) is 0 Å². The zero-order chi connectivity index (χ0) is 13.2. The maximum absolute atomic E-state index is 12.4. The van der Waals surface area contributed by atoms with Gasteiger partial charge in [-0.05, 0) is 13.0 Å². The quantitative estimate of drug-likeness (QED) is 0.823. The lowest BCUT2D eigenvalue weighted by molar-refractivity contribution is -0.137. The third-order valence-corrected chi connectivity index (χ3v) is 2.27. The van der Waals surface area contributed by atoms with Crippen LogP contribution in [-0.4, -0.2) is 27.5 Å². The van der Waals surface area contributed by atoms with Gasteiger partial charge in [-0.3, -0.25) is 4.79 Å². The predicted molar refractivity (Wildman–Crippen MR) is 53.5 cm³/mol. The number of nitrogens with zero attached hydrogens (tertiary/aromatic N) is 1. The summed E-state index contributed by atoms with van der Waals surface area (Å²) in [7, 11) is 0. The topological polar surface area (TPSA) is 62.5 Å². The summed E-state index contributed by atoms with van der Waals surface area (Å²) >= 11 is 0. The van der Waals surface area contributed by atoms with Crippen LogP contribution >= 0.6 is 0 Å². The summed E-state index contributed by atoms with van der Waals surface area (Å²) in [5.74, 6) is 0. The molecule has 1 aromatic rings. The first kappa shape index (κ1) is 13.7. The Kier molecular flexibility index (Phi) is 3.94. The van der Waals surface area contributed by atoms with E-state index in [9.17, 15) is 18.0 Å². The molecule has 0 amide bonds. The van der Waals surface area contributed by atoms with E-state index in [0.717, 1.165) is 10.6 Å². The fourth-order valence-electron chi connectivity index (χ4n) is 1.40. The number of halogens is 3. The first-order valence-electron chi connectivity index (χ1n) is 4.83. The van der Waals surface area contributed by atoms with Gasteiger partial charge >= 0.3 is 6.18 Å². The van der Waals surface area contributed by atoms with Crippen molar-refractivity contribution >= 4 is 0 Å². The molecule has 1 atom stereocenters. The van der Waals surface area contributed by atoms with Crippen LogP contribution in [-0.2, 0) is 12.7 Å². The molecular formula is C10H12F3NO3. The van der Waals surface area contributed by atoms with Crippen LogP contribution in [0.25, 0.3) is 0 Å². The van der Waals surface area contributed by atoms with E-state index in [0.29, 0.717) is 6.07 Å². The highest BCUT2D eigenvalue weighted by molar-refractivity contribution is 5.20. The monoisotopic (exact) mass is 251 g/mol. The summed E-state index contributed by atoms with van der Waals surface area (Å²) in [5, 5.41) is 17.8. The fraction of sp³-hybridized carbons (Fsp3) is 0.500. The van der Waals surface area contributed by atoms with Crippen LogP contribution in [0.15, 0.2) is 16.9 Å². The largest absolute Gasteiger partial charge is 0.416 e. The molecule has 0 aliphatic heterocycles. The molecule has 4 nitrogen and oxygen atoms in total. The zero-order valence-corrected chi connectivity index (χ0v) is 9.03. The molecule has 1 rings (SSSR count). The van der Waals surface area contributed by atoms with Gasteiger partial charge in [0.15, 0.2) is 0 Å². The van der Waals surface area contributed by atoms with Gasteiger partial charge in [-0.25, -0.2) is 0 Å². The zero-order valence-electron chi connectivity index (χ0n) is 9.03. The SMILES string of the molecule is Cc1cc(C(F)(F)F)cc(=O)n1C[C@H](O)CO. The van der Waals surface area contributed by atoms with E-state index in [4.69, 9.17) is 10.2 Å². The Bertz CT molecular complexity index is 453. The number of hydrogen-bond acceptors (Lipinski definition) is 3. The summed E-state index contributed by atoms with van der Waals surface area (Å²) in [6.07, 6.45) is -5.75. The Morgan fingerprint density at radius 2 is 2.00 bits per heavy atom. The van der Waals surface area contributed by atoms with Crippen LogP contribution < -0.4 is 5.56 Å². The molecule has 0 saturated carbocycles. The summed E-state index contributed by atoms with van der Waals surface area (Å²) in [4.78, 5) is 11.4. The minimum absolute atomic E-state index is 0.0809. The molecule has 1 aromatic heterocycles. The Balaban J connectivity index is 3.16. The smallest absolute Gasteiger partial charge is 0.394 e. The fourth-order valence-corrected chi connectivity index (χ4v) is 1.40. The van der Waals surface area contributed by atoms with Crippen molar-refractivity contribution in [2.24, 2.45) is 0 Å². The summed E-state index contributed by atoms with van der Waals surface area (Å²) < 4.78 is 38.1. The van der Waals surface area contributed by atoms with Gasteiger partial charge in [0.2, 0.25) is 0 Å². The molecule has 0 fully saturated rings. The van der Waals surface area contributed by atoms with E-state index < -0.39 is 30.0 Å². The van der Waals surface area contributed by atoms with Gasteiger partial charge in [0.05, 0.1) is 24.8 Å². The van der Waals surface area contributed by atoms with E-state index in [-0.39, 0.29) is 12.2 Å². The van der Waals surface area contributed by atoms with Crippen LogP contribution in [0, 0.1) is 6.92 Å². The molecule has 7 heteroatoms. The molecule has 0 bridgehead atoms. The molecule has 0 aliphatic carbocycles. The first-order chi connectivity index (χ1) is 7.75. The number of aromatic nitrogens is 1. The van der Waals surface area contributed by atoms with Crippen molar-refractivity contribution in [2.45, 2.75) is 25.7 Å². The third kappa shape index (κ3) is 3.31. The van der Waals surface area contributed by atoms with Crippen LogP contribution in [0.2, 0.25) is 0 Å². The Labute approximate surface area is 94.9 Å². The van der Waals surface area contributed by atoms with Crippen molar-refractivity contribution in [1.82, 2.24) is 4.57 Å². The molecule has 0 saturated heterocycles. The number of aliphatic hydroxyl groups excluding tert-OH is 2. The molecule has 2 N–H and O–H groups in total. The number of pyridine rings is 1. The van der Waals surface area contributed by atoms with Gasteiger partial charge in [0.25, 0.3) is 5.56 Å². The lowest BCUT2D eigenvalue weighted by Gasteiger charge is -2.15. The second-order valence-corrected chi connectivity index (χ2v) is 3.67. The standard InChI is InChI=1S/C10H12F3NO3/c1-6-2-7(10(11,12)13)3-9(17)14(6)4-8(16)5-15/h2-3,8,15-16H,4-5H2,1H3/t8-/m0/s1. The number of alkyl halides is 3. The van der Waals surface area contributed by atoms with Crippen molar-refractivity contribution in [3.63, 3.8) is 0 Å². The van der Waals surface area contributed by atoms with Crippen LogP contribution in [0.1, 0.15) is 11.3 Å². The highest BCUT2D eigenvalue weighted by Gasteiger charge is 2.31. The summed E-state index contributed by atoms with van der Waals surface area (Å²) in [6.45, 7) is 0.535. The molecule has 96 valence electrons. The van der Waals surface area contributed by atoms with Gasteiger partial charge in [0, 0.05) is 11.8 Å². The predicted octanol–water partition coefficient (Wildman–Crippen LogP) is 0.529. The molecule has 0 aliphatic rings. The molecule has 1 heterocycles. The number of aliphatic hydroxyl groups is 2. The molecule has 0 unspecified atom stereocenters. The molecular weight excluding hydrogens is 239 g/mol. The molecule has 0 aromatic carbocycles. The molecule has 0 spiro atoms. The minimum atomic E-state index is -4.57. The summed E-state index contributed by atoms with van der Waals surface area (Å²) in [5.41, 5.74) is -1.79. The van der Waals surface area contributed by atoms with Gasteiger partial charge in [-0.1, -0.05) is 0 Å². The van der Waals surface area contributed by atoms with Crippen molar-refractivity contribution in [2.75, 3.05) is 6.61 Å². The highest BCUT2D eigenvalue weighted by atomic mass is 19.4. The Morgan fingerprint density at radius 1 is 1.41 bits per heavy atom. The van der Waals surface area contributed by atoms with E-state index in [2.05, 4.69) is 0 Å². The average molecular weight is 251 g/mol. The maximum atomic E-state index is 12.4. The van der Waals surface area contributed by atoms with Crippen LogP contribution in [0.3, 0.4) is 0 Å². The second-order valence-electron chi connectivity index (χ2n) is 3.67. The number of hydrogen-bond donors (Lipinski definition) is 2. The van der Waals surface area contributed by atoms with Crippen LogP contribution in [0.5, 0.6) is 0 Å². The van der Waals surface area contributed by atoms with Crippen molar-refractivity contribution in [3.05, 3.63) is 33.7 Å². The Hall–Kier alpha value is -1.34. The van der Waals surface area contributed by atoms with Crippen molar-refractivity contribution in [3.8, 4) is 0 Å². The number of aryl methyl sites for hydroxylation is 1. The molecule has 0 radical (unpaired) electrons. The van der Waals surface area contributed by atoms with E-state index >= 15 is 0 Å². The minimum Gasteiger partial charge on any atom is -0.394 e. The van der Waals surface area contributed by atoms with E-state index in [1.165, 1.54) is 6.92 Å². The van der Waals surface area contributed by atoms with Crippen molar-refractivity contribution in [1.29, 1.82) is 0 Å². The lowest BCUT2D eigenvalue weighted by Crippen LogP contribution is -2.30. The number of rotatable bonds is 3.